The Labute approximate surface area is 137 Å². The molecule has 0 fully saturated rings. The van der Waals surface area contributed by atoms with E-state index in [1.54, 1.807) is 24.3 Å². The number of hydrogen-bond acceptors (Lipinski definition) is 6. The molecule has 10 heteroatoms. The maximum Gasteiger partial charge on any atom is 0.339 e. The standard InChI is InChI=1S/C14H10N6O3S/c15-19-17-12-5-1-10(2-6-12)9-14(24(21,22)23)11-3-7-13(8-4-11)18-20-16/h1-9,15H/p+1. The third kappa shape index (κ3) is 4.35. The molecular weight excluding hydrogens is 332 g/mol. The predicted octanol–water partition coefficient (Wildman–Crippen LogP) is 2.90. The van der Waals surface area contributed by atoms with Crippen LogP contribution in [0, 0.1) is 10.9 Å². The first-order chi connectivity index (χ1) is 11.4. The zero-order valence-electron chi connectivity index (χ0n) is 12.1. The Kier molecular flexibility index (Phi) is 5.20. The van der Waals surface area contributed by atoms with E-state index in [1.807, 2.05) is 0 Å². The van der Waals surface area contributed by atoms with Gasteiger partial charge in [0.25, 0.3) is 15.5 Å². The lowest BCUT2D eigenvalue weighted by molar-refractivity contribution is 0.492. The van der Waals surface area contributed by atoms with E-state index in [0.29, 0.717) is 17.0 Å². The Morgan fingerprint density at radius 2 is 1.67 bits per heavy atom. The van der Waals surface area contributed by atoms with Crippen molar-refractivity contribution in [2.24, 2.45) is 15.4 Å². The fourth-order valence-corrected chi connectivity index (χ4v) is 2.62. The lowest BCUT2D eigenvalue weighted by Gasteiger charge is -2.07. The van der Waals surface area contributed by atoms with E-state index >= 15 is 0 Å². The summed E-state index contributed by atoms with van der Waals surface area (Å²) in [5.41, 5.74) is 8.16. The summed E-state index contributed by atoms with van der Waals surface area (Å²) < 4.78 is 32.8. The Hall–Kier alpha value is -3.29. The number of diazo groups is 1. The summed E-state index contributed by atoms with van der Waals surface area (Å²) in [4.78, 5) is -0.301. The van der Waals surface area contributed by atoms with Crippen LogP contribution in [0.1, 0.15) is 0 Å². The van der Waals surface area contributed by atoms with Crippen molar-refractivity contribution >= 4 is 21.5 Å². The highest BCUT2D eigenvalue weighted by Crippen LogP contribution is 2.21. The topological polar surface area (TPSA) is 143 Å². The molecule has 0 aromatic rings. The maximum absolute atomic E-state index is 11.7. The molecule has 0 atom stereocenters. The van der Waals surface area contributed by atoms with Crippen molar-refractivity contribution < 1.29 is 13.0 Å². The third-order valence-corrected chi connectivity index (χ3v) is 3.86. The molecule has 0 heterocycles. The quantitative estimate of drug-likeness (QED) is 0.351. The molecule has 2 rings (SSSR count). The van der Waals surface area contributed by atoms with Crippen LogP contribution >= 0.6 is 0 Å². The van der Waals surface area contributed by atoms with Crippen molar-refractivity contribution in [1.82, 2.24) is 0 Å². The van der Waals surface area contributed by atoms with Gasteiger partial charge in [-0.2, -0.15) is 13.9 Å². The molecule has 0 aromatic carbocycles. The molecule has 9 nitrogen and oxygen atoms in total. The van der Waals surface area contributed by atoms with Crippen LogP contribution in [0.25, 0.3) is 5.08 Å². The van der Waals surface area contributed by atoms with Gasteiger partial charge in [-0.3, -0.25) is 4.55 Å². The number of hydrogen-bond donors (Lipinski definition) is 2. The van der Waals surface area contributed by atoms with Gasteiger partial charge in [0.05, 0.1) is 5.71 Å². The van der Waals surface area contributed by atoms with Crippen LogP contribution in [0.5, 0.6) is 0 Å². The molecule has 2 aliphatic carbocycles. The molecule has 0 saturated heterocycles. The third-order valence-electron chi connectivity index (χ3n) is 2.95. The van der Waals surface area contributed by atoms with Gasteiger partial charge in [0.15, 0.2) is 10.8 Å². The van der Waals surface area contributed by atoms with Gasteiger partial charge >= 0.3 is 5.08 Å². The molecule has 0 spiro atoms. The van der Waals surface area contributed by atoms with Crippen molar-refractivity contribution in [1.29, 1.82) is 10.9 Å². The summed E-state index contributed by atoms with van der Waals surface area (Å²) in [5, 5.41) is 20.8. The zero-order valence-corrected chi connectivity index (χ0v) is 12.9. The summed E-state index contributed by atoms with van der Waals surface area (Å²) in [5.74, 6) is 0. The summed E-state index contributed by atoms with van der Waals surface area (Å²) in [6.07, 6.45) is 13.3. The van der Waals surface area contributed by atoms with Gasteiger partial charge in [-0.1, -0.05) is 29.5 Å². The van der Waals surface area contributed by atoms with Crippen molar-refractivity contribution in [3.63, 3.8) is 0 Å². The van der Waals surface area contributed by atoms with Gasteiger partial charge < -0.3 is 0 Å². The van der Waals surface area contributed by atoms with Crippen molar-refractivity contribution in [2.45, 2.75) is 0 Å². The smallest absolute Gasteiger partial charge is 0.282 e. The molecule has 120 valence electrons. The number of nitrogens with one attached hydrogen (secondary N) is 1. The van der Waals surface area contributed by atoms with Crippen LogP contribution in [0.3, 0.4) is 0 Å². The molecule has 2 N–H and O–H groups in total. The number of allylic oxidation sites excluding steroid dienone is 11. The van der Waals surface area contributed by atoms with Gasteiger partial charge in [0.1, 0.15) is 4.91 Å². The highest BCUT2D eigenvalue weighted by molar-refractivity contribution is 7.90. The Bertz CT molecular complexity index is 917. The van der Waals surface area contributed by atoms with Crippen molar-refractivity contribution in [2.75, 3.05) is 0 Å². The highest BCUT2D eigenvalue weighted by atomic mass is 32.2. The van der Waals surface area contributed by atoms with Crippen LogP contribution < -0.4 is 0 Å². The first-order valence-electron chi connectivity index (χ1n) is 6.46. The second-order valence-electron chi connectivity index (χ2n) is 4.51. The molecule has 0 saturated carbocycles. The largest absolute Gasteiger partial charge is 0.339 e. The maximum atomic E-state index is 11.7. The van der Waals surface area contributed by atoms with Crippen LogP contribution in [-0.2, 0) is 10.1 Å². The van der Waals surface area contributed by atoms with E-state index in [4.69, 9.17) is 10.9 Å². The lowest BCUT2D eigenvalue weighted by Crippen LogP contribution is -2.05. The fraction of sp³-hybridized carbons (Fsp3) is 0. The molecule has 24 heavy (non-hydrogen) atoms. The SMILES string of the molecule is N#[N+]N=C1C=CC(=C(C=C2C=CC(=NN=N)C=C2)S(=O)(=O)O)C=C1. The van der Waals surface area contributed by atoms with Gasteiger partial charge in [-0.15, -0.1) is 5.10 Å². The van der Waals surface area contributed by atoms with Gasteiger partial charge in [0.2, 0.25) is 0 Å². The number of nitrogens with zero attached hydrogens (tertiary/aromatic N) is 5. The van der Waals surface area contributed by atoms with Crippen molar-refractivity contribution in [3.05, 3.63) is 75.8 Å². The monoisotopic (exact) mass is 343 g/mol. The van der Waals surface area contributed by atoms with E-state index in [9.17, 15) is 13.0 Å². The summed E-state index contributed by atoms with van der Waals surface area (Å²) >= 11 is 0. The average molecular weight is 343 g/mol. The minimum Gasteiger partial charge on any atom is -0.282 e. The van der Waals surface area contributed by atoms with E-state index in [1.165, 1.54) is 30.4 Å². The highest BCUT2D eigenvalue weighted by Gasteiger charge is 2.17. The average Bonchev–Trinajstić information content (AvgIpc) is 2.55. The predicted molar refractivity (Wildman–Crippen MR) is 88.3 cm³/mol. The molecule has 0 aromatic heterocycles. The summed E-state index contributed by atoms with van der Waals surface area (Å²) in [6.45, 7) is 0. The first kappa shape index (κ1) is 17.1. The minimum absolute atomic E-state index is 0.240. The van der Waals surface area contributed by atoms with E-state index < -0.39 is 10.1 Å². The van der Waals surface area contributed by atoms with Crippen LogP contribution in [0.2, 0.25) is 0 Å². The van der Waals surface area contributed by atoms with E-state index in [2.05, 4.69) is 20.5 Å². The molecule has 0 bridgehead atoms. The first-order valence-corrected chi connectivity index (χ1v) is 7.90. The Balaban J connectivity index is 2.44. The second-order valence-corrected chi connectivity index (χ2v) is 5.90. The molecule has 2 aliphatic rings. The van der Waals surface area contributed by atoms with E-state index in [-0.39, 0.29) is 10.5 Å². The zero-order chi connectivity index (χ0) is 17.6. The van der Waals surface area contributed by atoms with Crippen LogP contribution in [0.4, 0.5) is 0 Å². The fourth-order valence-electron chi connectivity index (χ4n) is 1.90. The normalized spacial score (nSPS) is 16.0. The van der Waals surface area contributed by atoms with Crippen LogP contribution in [0.15, 0.2) is 86.2 Å². The summed E-state index contributed by atoms with van der Waals surface area (Å²) in [6, 6.07) is 0. The van der Waals surface area contributed by atoms with Gasteiger partial charge in [-0.05, 0) is 41.5 Å². The molecule has 0 aliphatic heterocycles. The molecule has 0 unspecified atom stereocenters. The lowest BCUT2D eigenvalue weighted by atomic mass is 10.0. The van der Waals surface area contributed by atoms with Gasteiger partial charge in [-0.25, -0.2) is 0 Å². The Morgan fingerprint density at radius 1 is 1.08 bits per heavy atom. The molecular formula is C14H11N6O3S+. The summed E-state index contributed by atoms with van der Waals surface area (Å²) in [7, 11) is -4.48. The van der Waals surface area contributed by atoms with Gasteiger partial charge in [0, 0.05) is 0 Å². The Morgan fingerprint density at radius 3 is 2.17 bits per heavy atom. The van der Waals surface area contributed by atoms with E-state index in [0.717, 1.165) is 0 Å². The molecule has 0 radical (unpaired) electrons. The second kappa shape index (κ2) is 7.32. The molecule has 0 amide bonds. The van der Waals surface area contributed by atoms with Crippen molar-refractivity contribution in [3.8, 4) is 0 Å². The van der Waals surface area contributed by atoms with Crippen LogP contribution in [-0.4, -0.2) is 24.4 Å². The number of rotatable bonds is 3. The minimum atomic E-state index is -4.48.